The van der Waals surface area contributed by atoms with E-state index in [1.165, 1.54) is 36.4 Å². The van der Waals surface area contributed by atoms with Crippen molar-refractivity contribution in [2.24, 2.45) is 0 Å². The molecule has 128 valence electrons. The highest BCUT2D eigenvalue weighted by Gasteiger charge is 2.49. The quantitative estimate of drug-likeness (QED) is 0.615. The lowest BCUT2D eigenvalue weighted by atomic mass is 9.88. The molecule has 0 fully saturated rings. The van der Waals surface area contributed by atoms with Crippen molar-refractivity contribution in [2.75, 3.05) is 5.32 Å². The van der Waals surface area contributed by atoms with E-state index in [2.05, 4.69) is 10.1 Å². The maximum atomic E-state index is 12.5. The highest BCUT2D eigenvalue weighted by atomic mass is 35.5. The smallest absolute Gasteiger partial charge is 0.298 e. The molecule has 6 nitrogen and oxygen atoms in total. The zero-order valence-corrected chi connectivity index (χ0v) is 14.1. The number of fused-ring (bicyclic) bond motifs is 1. The molecule has 0 spiro atoms. The van der Waals surface area contributed by atoms with Crippen LogP contribution in [-0.2, 0) is 15.2 Å². The first-order valence-corrected chi connectivity index (χ1v) is 7.88. The Kier molecular flexibility index (Phi) is 4.51. The molecule has 2 N–H and O–H groups in total. The van der Waals surface area contributed by atoms with E-state index in [-0.39, 0.29) is 39.1 Å². The number of halogens is 2. The van der Waals surface area contributed by atoms with Crippen LogP contribution in [-0.4, -0.2) is 23.3 Å². The Bertz CT molecular complexity index is 881. The van der Waals surface area contributed by atoms with Crippen molar-refractivity contribution in [1.82, 2.24) is 0 Å². The van der Waals surface area contributed by atoms with E-state index in [4.69, 9.17) is 23.2 Å². The minimum atomic E-state index is -2.12. The molecule has 2 aromatic carbocycles. The summed E-state index contributed by atoms with van der Waals surface area (Å²) >= 11 is 12.1. The number of aliphatic hydroxyl groups is 1. The number of nitrogens with one attached hydrogen (secondary N) is 1. The number of amides is 1. The number of ketones is 1. The first kappa shape index (κ1) is 17.4. The molecule has 0 aliphatic carbocycles. The number of carbonyl (C=O) groups is 3. The highest BCUT2D eigenvalue weighted by Crippen LogP contribution is 2.46. The molecule has 1 aliphatic heterocycles. The molecule has 1 heterocycles. The summed E-state index contributed by atoms with van der Waals surface area (Å²) in [6, 6.07) is 8.65. The van der Waals surface area contributed by atoms with E-state index in [0.29, 0.717) is 0 Å². The van der Waals surface area contributed by atoms with Crippen LogP contribution in [0.3, 0.4) is 0 Å². The number of hydrogen-bond acceptors (Lipinski definition) is 5. The van der Waals surface area contributed by atoms with Crippen LogP contribution in [0.1, 0.15) is 22.3 Å². The predicted octanol–water partition coefficient (Wildman–Crippen LogP) is 2.94. The third kappa shape index (κ3) is 3.00. The van der Waals surface area contributed by atoms with E-state index in [9.17, 15) is 19.5 Å². The van der Waals surface area contributed by atoms with Gasteiger partial charge in [0.2, 0.25) is 0 Å². The van der Waals surface area contributed by atoms with Crippen LogP contribution in [0.4, 0.5) is 5.69 Å². The summed E-state index contributed by atoms with van der Waals surface area (Å²) < 4.78 is 4.65. The summed E-state index contributed by atoms with van der Waals surface area (Å²) in [5.74, 6) is -0.991. The monoisotopic (exact) mass is 379 g/mol. The second-order valence-electron chi connectivity index (χ2n) is 5.43. The second-order valence-corrected chi connectivity index (χ2v) is 6.25. The lowest BCUT2D eigenvalue weighted by molar-refractivity contribution is -0.133. The molecule has 1 unspecified atom stereocenters. The minimum Gasteiger partial charge on any atom is -0.429 e. The van der Waals surface area contributed by atoms with Crippen molar-refractivity contribution in [3.63, 3.8) is 0 Å². The molecule has 8 heteroatoms. The molecule has 1 atom stereocenters. The Morgan fingerprint density at radius 1 is 1.16 bits per heavy atom. The number of Topliss-reactive ketones (excluding diaryl/α,β-unsaturated/α-hetero) is 1. The van der Waals surface area contributed by atoms with Gasteiger partial charge in [0.1, 0.15) is 5.75 Å². The van der Waals surface area contributed by atoms with Crippen LogP contribution in [0, 0.1) is 0 Å². The number of benzene rings is 2. The van der Waals surface area contributed by atoms with Gasteiger partial charge in [-0.3, -0.25) is 14.4 Å². The van der Waals surface area contributed by atoms with Crippen LogP contribution in [0.5, 0.6) is 5.75 Å². The number of hydrogen-bond donors (Lipinski definition) is 2. The topological polar surface area (TPSA) is 92.7 Å². The Hall–Kier alpha value is -2.41. The SMILES string of the molecule is O=COc1ccc(C(=O)CC2(O)C(=O)Nc3c(Cl)ccc(Cl)c32)cc1. The normalized spacial score (nSPS) is 18.4. The largest absolute Gasteiger partial charge is 0.429 e. The zero-order valence-electron chi connectivity index (χ0n) is 12.6. The maximum Gasteiger partial charge on any atom is 0.298 e. The lowest BCUT2D eigenvalue weighted by Crippen LogP contribution is -2.36. The van der Waals surface area contributed by atoms with Crippen molar-refractivity contribution in [3.05, 3.63) is 57.6 Å². The van der Waals surface area contributed by atoms with E-state index in [1.807, 2.05) is 0 Å². The molecule has 0 aromatic heterocycles. The number of rotatable bonds is 5. The van der Waals surface area contributed by atoms with Gasteiger partial charge in [0, 0.05) is 16.1 Å². The third-order valence-corrected chi connectivity index (χ3v) is 4.54. The number of carbonyl (C=O) groups excluding carboxylic acids is 3. The molecular weight excluding hydrogens is 369 g/mol. The molecule has 2 aromatic rings. The fourth-order valence-corrected chi connectivity index (χ4v) is 3.21. The summed E-state index contributed by atoms with van der Waals surface area (Å²) in [6.07, 6.45) is -0.514. The van der Waals surface area contributed by atoms with Gasteiger partial charge in [-0.05, 0) is 36.4 Å². The Morgan fingerprint density at radius 3 is 2.44 bits per heavy atom. The summed E-state index contributed by atoms with van der Waals surface area (Å²) in [4.78, 5) is 35.1. The van der Waals surface area contributed by atoms with Crippen molar-refractivity contribution in [3.8, 4) is 5.75 Å². The van der Waals surface area contributed by atoms with Crippen LogP contribution in [0.2, 0.25) is 10.0 Å². The van der Waals surface area contributed by atoms with Gasteiger partial charge in [0.15, 0.2) is 11.4 Å². The maximum absolute atomic E-state index is 12.5. The van der Waals surface area contributed by atoms with Gasteiger partial charge in [-0.1, -0.05) is 23.2 Å². The van der Waals surface area contributed by atoms with E-state index in [0.717, 1.165) is 0 Å². The van der Waals surface area contributed by atoms with E-state index >= 15 is 0 Å². The van der Waals surface area contributed by atoms with E-state index < -0.39 is 23.7 Å². The molecule has 1 aliphatic rings. The van der Waals surface area contributed by atoms with Gasteiger partial charge in [0.05, 0.1) is 17.1 Å². The van der Waals surface area contributed by atoms with Crippen molar-refractivity contribution < 1.29 is 24.2 Å². The average molecular weight is 380 g/mol. The molecule has 3 rings (SSSR count). The van der Waals surface area contributed by atoms with Gasteiger partial charge < -0.3 is 15.2 Å². The number of anilines is 1. The summed E-state index contributed by atoms with van der Waals surface area (Å²) in [5.41, 5.74) is -1.59. The standard InChI is InChI=1S/C17H11Cl2NO5/c18-11-5-6-12(19)15-14(11)17(24,16(23)20-15)7-13(22)9-1-3-10(4-2-9)25-8-21/h1-6,8,24H,7H2,(H,20,23). The van der Waals surface area contributed by atoms with E-state index in [1.54, 1.807) is 0 Å². The van der Waals surface area contributed by atoms with Crippen LogP contribution < -0.4 is 10.1 Å². The molecular formula is C17H11Cl2NO5. The summed E-state index contributed by atoms with van der Waals surface area (Å²) in [6.45, 7) is 0.269. The van der Waals surface area contributed by atoms with Crippen molar-refractivity contribution in [1.29, 1.82) is 0 Å². The van der Waals surface area contributed by atoms with Crippen molar-refractivity contribution >= 4 is 47.1 Å². The first-order valence-electron chi connectivity index (χ1n) is 7.12. The molecule has 0 saturated carbocycles. The molecule has 1 amide bonds. The average Bonchev–Trinajstić information content (AvgIpc) is 2.84. The predicted molar refractivity (Wildman–Crippen MR) is 91.1 cm³/mol. The highest BCUT2D eigenvalue weighted by molar-refractivity contribution is 6.38. The second kappa shape index (κ2) is 6.48. The van der Waals surface area contributed by atoms with Gasteiger partial charge in [-0.25, -0.2) is 0 Å². The first-order chi connectivity index (χ1) is 11.9. The van der Waals surface area contributed by atoms with Gasteiger partial charge in [-0.2, -0.15) is 0 Å². The molecule has 0 saturated heterocycles. The fourth-order valence-electron chi connectivity index (χ4n) is 2.69. The summed E-state index contributed by atoms with van der Waals surface area (Å²) in [7, 11) is 0. The minimum absolute atomic E-state index is 0.0842. The van der Waals surface area contributed by atoms with Crippen molar-refractivity contribution in [2.45, 2.75) is 12.0 Å². The third-order valence-electron chi connectivity index (χ3n) is 3.91. The zero-order chi connectivity index (χ0) is 18.2. The Balaban J connectivity index is 1.92. The Morgan fingerprint density at radius 2 is 1.80 bits per heavy atom. The van der Waals surface area contributed by atoms with Gasteiger partial charge >= 0.3 is 0 Å². The van der Waals surface area contributed by atoms with Crippen LogP contribution in [0.15, 0.2) is 36.4 Å². The Labute approximate surface area is 152 Å². The lowest BCUT2D eigenvalue weighted by Gasteiger charge is -2.21. The van der Waals surface area contributed by atoms with Gasteiger partial charge in [-0.15, -0.1) is 0 Å². The molecule has 25 heavy (non-hydrogen) atoms. The van der Waals surface area contributed by atoms with Gasteiger partial charge in [0.25, 0.3) is 12.4 Å². The van der Waals surface area contributed by atoms with Crippen LogP contribution >= 0.6 is 23.2 Å². The summed E-state index contributed by atoms with van der Waals surface area (Å²) in [5, 5.41) is 13.6. The fraction of sp³-hybridized carbons (Fsp3) is 0.118. The number of ether oxygens (including phenoxy) is 1. The molecule has 0 bridgehead atoms. The molecule has 0 radical (unpaired) electrons. The van der Waals surface area contributed by atoms with Crippen LogP contribution in [0.25, 0.3) is 0 Å².